The Balaban J connectivity index is 2.83. The van der Waals surface area contributed by atoms with E-state index in [0.29, 0.717) is 6.54 Å². The van der Waals surface area contributed by atoms with E-state index in [1.807, 2.05) is 24.3 Å². The van der Waals surface area contributed by atoms with Crippen molar-refractivity contribution < 1.29 is 4.79 Å². The van der Waals surface area contributed by atoms with Gasteiger partial charge in [0.15, 0.2) is 0 Å². The van der Waals surface area contributed by atoms with E-state index in [4.69, 9.17) is 11.5 Å². The molecule has 0 aromatic heterocycles. The highest BCUT2D eigenvalue weighted by Crippen LogP contribution is 2.05. The van der Waals surface area contributed by atoms with Crippen LogP contribution in [0.2, 0.25) is 0 Å². The predicted molar refractivity (Wildman–Crippen MR) is 55.0 cm³/mol. The Labute approximate surface area is 83.1 Å². The molecule has 1 amide bonds. The molecule has 1 rings (SSSR count). The number of carbonyl (C=O) groups excluding carboxylic acids is 1. The van der Waals surface area contributed by atoms with Gasteiger partial charge in [0.1, 0.15) is 0 Å². The van der Waals surface area contributed by atoms with Gasteiger partial charge in [-0.05, 0) is 11.6 Å². The fourth-order valence-electron chi connectivity index (χ4n) is 1.05. The summed E-state index contributed by atoms with van der Waals surface area (Å²) in [4.78, 5) is 10.4. The maximum absolute atomic E-state index is 10.4. The van der Waals surface area contributed by atoms with E-state index in [9.17, 15) is 4.79 Å². The van der Waals surface area contributed by atoms with Crippen LogP contribution in [0.25, 0.3) is 0 Å². The summed E-state index contributed by atoms with van der Waals surface area (Å²) in [5.74, 6) is 5.15. The number of nitrogens with two attached hydrogens (primary N) is 2. The fourth-order valence-corrected chi connectivity index (χ4v) is 1.05. The molecule has 0 unspecified atom stereocenters. The summed E-state index contributed by atoms with van der Waals surface area (Å²) in [6.07, 6.45) is 0.0822. The topological polar surface area (TPSA) is 69.1 Å². The number of rotatable bonds is 2. The average Bonchev–Trinajstić information content (AvgIpc) is 2.18. The van der Waals surface area contributed by atoms with Gasteiger partial charge >= 0.3 is 0 Å². The van der Waals surface area contributed by atoms with Crippen molar-refractivity contribution in [1.29, 1.82) is 0 Å². The van der Waals surface area contributed by atoms with E-state index in [2.05, 4.69) is 11.8 Å². The van der Waals surface area contributed by atoms with Crippen LogP contribution in [0.3, 0.4) is 0 Å². The van der Waals surface area contributed by atoms with Crippen molar-refractivity contribution in [2.75, 3.05) is 0 Å². The van der Waals surface area contributed by atoms with Crippen LogP contribution in [-0.4, -0.2) is 5.91 Å². The van der Waals surface area contributed by atoms with Gasteiger partial charge in [-0.15, -0.1) is 0 Å². The summed E-state index contributed by atoms with van der Waals surface area (Å²) in [6.45, 7) is 0.446. The third-order valence-corrected chi connectivity index (χ3v) is 1.72. The molecule has 0 saturated heterocycles. The lowest BCUT2D eigenvalue weighted by molar-refractivity contribution is -0.117. The Bertz CT molecular complexity index is 388. The van der Waals surface area contributed by atoms with Crippen molar-refractivity contribution in [3.8, 4) is 11.8 Å². The highest BCUT2D eigenvalue weighted by atomic mass is 16.1. The molecule has 14 heavy (non-hydrogen) atoms. The molecule has 3 nitrogen and oxygen atoms in total. The monoisotopic (exact) mass is 188 g/mol. The van der Waals surface area contributed by atoms with E-state index in [0.717, 1.165) is 11.1 Å². The first-order valence-electron chi connectivity index (χ1n) is 4.29. The number of amides is 1. The zero-order chi connectivity index (χ0) is 10.4. The number of carbonyl (C=O) groups is 1. The van der Waals surface area contributed by atoms with Crippen LogP contribution in [0.5, 0.6) is 0 Å². The van der Waals surface area contributed by atoms with Crippen molar-refractivity contribution in [3.63, 3.8) is 0 Å². The molecule has 0 aliphatic heterocycles. The zero-order valence-corrected chi connectivity index (χ0v) is 7.79. The maximum Gasteiger partial charge on any atom is 0.229 e. The molecule has 1 aromatic carbocycles. The first kappa shape index (κ1) is 10.3. The normalized spacial score (nSPS) is 8.93. The molecule has 4 N–H and O–H groups in total. The lowest BCUT2D eigenvalue weighted by Crippen LogP contribution is -2.08. The second kappa shape index (κ2) is 5.05. The minimum Gasteiger partial charge on any atom is -0.369 e. The second-order valence-electron chi connectivity index (χ2n) is 2.81. The molecule has 0 aliphatic rings. The lowest BCUT2D eigenvalue weighted by Gasteiger charge is -1.98. The van der Waals surface area contributed by atoms with Gasteiger partial charge in [0.2, 0.25) is 5.91 Å². The number of hydrogen-bond acceptors (Lipinski definition) is 2. The highest BCUT2D eigenvalue weighted by molar-refractivity contribution is 5.76. The summed E-state index contributed by atoms with van der Waals surface area (Å²) in [5, 5.41) is 0. The van der Waals surface area contributed by atoms with Crippen molar-refractivity contribution in [2.45, 2.75) is 13.0 Å². The van der Waals surface area contributed by atoms with E-state index >= 15 is 0 Å². The molecule has 1 aromatic rings. The number of primary amides is 1. The van der Waals surface area contributed by atoms with Crippen molar-refractivity contribution in [2.24, 2.45) is 11.5 Å². The molecule has 72 valence electrons. The standard InChI is InChI=1S/C11H12N2O/c12-8-10-5-2-1-4-9(10)6-3-7-11(13)14/h1-2,4-5H,7-8,12H2,(H2,13,14). The molecular formula is C11H12N2O. The quantitative estimate of drug-likeness (QED) is 0.658. The molecule has 0 saturated carbocycles. The Kier molecular flexibility index (Phi) is 3.71. The summed E-state index contributed by atoms with van der Waals surface area (Å²) in [5.41, 5.74) is 12.3. The van der Waals surface area contributed by atoms with Crippen LogP contribution in [0, 0.1) is 11.8 Å². The minimum absolute atomic E-state index is 0.0822. The third kappa shape index (κ3) is 2.92. The van der Waals surface area contributed by atoms with E-state index in [-0.39, 0.29) is 6.42 Å². The third-order valence-electron chi connectivity index (χ3n) is 1.72. The van der Waals surface area contributed by atoms with Gasteiger partial charge in [-0.3, -0.25) is 4.79 Å². The molecule has 0 radical (unpaired) electrons. The van der Waals surface area contributed by atoms with Crippen LogP contribution in [0.4, 0.5) is 0 Å². The van der Waals surface area contributed by atoms with Crippen LogP contribution in [0.15, 0.2) is 24.3 Å². The zero-order valence-electron chi connectivity index (χ0n) is 7.79. The van der Waals surface area contributed by atoms with Gasteiger partial charge in [0, 0.05) is 12.1 Å². The fraction of sp³-hybridized carbons (Fsp3) is 0.182. The average molecular weight is 188 g/mol. The largest absolute Gasteiger partial charge is 0.369 e. The minimum atomic E-state index is -0.414. The Hall–Kier alpha value is -1.79. The summed E-state index contributed by atoms with van der Waals surface area (Å²) in [6, 6.07) is 7.57. The van der Waals surface area contributed by atoms with Crippen LogP contribution < -0.4 is 11.5 Å². The van der Waals surface area contributed by atoms with E-state index < -0.39 is 5.91 Å². The number of benzene rings is 1. The molecular weight excluding hydrogens is 176 g/mol. The molecule has 0 heterocycles. The van der Waals surface area contributed by atoms with Crippen molar-refractivity contribution >= 4 is 5.91 Å². The molecule has 0 bridgehead atoms. The first-order chi connectivity index (χ1) is 6.74. The van der Waals surface area contributed by atoms with Gasteiger partial charge in [-0.2, -0.15) is 0 Å². The molecule has 0 fully saturated rings. The van der Waals surface area contributed by atoms with E-state index in [1.54, 1.807) is 0 Å². The molecule has 0 spiro atoms. The van der Waals surface area contributed by atoms with Gasteiger partial charge in [0.25, 0.3) is 0 Å². The first-order valence-corrected chi connectivity index (χ1v) is 4.29. The Morgan fingerprint density at radius 3 is 2.71 bits per heavy atom. The maximum atomic E-state index is 10.4. The molecule has 0 aliphatic carbocycles. The van der Waals surface area contributed by atoms with Crippen LogP contribution in [0.1, 0.15) is 17.5 Å². The van der Waals surface area contributed by atoms with Crippen LogP contribution >= 0.6 is 0 Å². The van der Waals surface area contributed by atoms with E-state index in [1.165, 1.54) is 0 Å². The van der Waals surface area contributed by atoms with Gasteiger partial charge < -0.3 is 11.5 Å². The smallest absolute Gasteiger partial charge is 0.229 e. The summed E-state index contributed by atoms with van der Waals surface area (Å²) in [7, 11) is 0. The highest BCUT2D eigenvalue weighted by Gasteiger charge is 1.94. The predicted octanol–water partition coefficient (Wildman–Crippen LogP) is 0.372. The lowest BCUT2D eigenvalue weighted by atomic mass is 10.1. The Morgan fingerprint density at radius 1 is 1.36 bits per heavy atom. The van der Waals surface area contributed by atoms with Crippen LogP contribution in [-0.2, 0) is 11.3 Å². The van der Waals surface area contributed by atoms with Gasteiger partial charge in [-0.25, -0.2) is 0 Å². The number of hydrogen-bond donors (Lipinski definition) is 2. The molecule has 3 heteroatoms. The van der Waals surface area contributed by atoms with Crippen molar-refractivity contribution in [3.05, 3.63) is 35.4 Å². The Morgan fingerprint density at radius 2 is 2.07 bits per heavy atom. The SMILES string of the molecule is NCc1ccccc1C#CCC(N)=O. The molecule has 0 atom stereocenters. The summed E-state index contributed by atoms with van der Waals surface area (Å²) < 4.78 is 0. The summed E-state index contributed by atoms with van der Waals surface area (Å²) >= 11 is 0. The van der Waals surface area contributed by atoms with Crippen molar-refractivity contribution in [1.82, 2.24) is 0 Å². The van der Waals surface area contributed by atoms with Gasteiger partial charge in [-0.1, -0.05) is 30.0 Å². The second-order valence-corrected chi connectivity index (χ2v) is 2.81. The van der Waals surface area contributed by atoms with Gasteiger partial charge in [0.05, 0.1) is 6.42 Å².